The van der Waals surface area contributed by atoms with E-state index in [1.807, 2.05) is 0 Å². The van der Waals surface area contributed by atoms with Crippen molar-refractivity contribution in [3.05, 3.63) is 12.7 Å². The lowest BCUT2D eigenvalue weighted by molar-refractivity contribution is -0.125. The summed E-state index contributed by atoms with van der Waals surface area (Å²) in [4.78, 5) is 15.6. The van der Waals surface area contributed by atoms with Gasteiger partial charge in [0.2, 0.25) is 5.91 Å². The van der Waals surface area contributed by atoms with Crippen LogP contribution in [-0.2, 0) is 11.3 Å². The van der Waals surface area contributed by atoms with Crippen LogP contribution in [0.1, 0.15) is 32.1 Å². The quantitative estimate of drug-likeness (QED) is 0.779. The summed E-state index contributed by atoms with van der Waals surface area (Å²) in [6.45, 7) is 0.165. The molecule has 0 aromatic carbocycles. The van der Waals surface area contributed by atoms with Crippen molar-refractivity contribution in [2.45, 2.75) is 44.2 Å². The molecule has 1 aromatic heterocycles. The molecule has 1 amide bonds. The van der Waals surface area contributed by atoms with E-state index in [0.29, 0.717) is 0 Å². The molecule has 0 spiro atoms. The highest BCUT2D eigenvalue weighted by Gasteiger charge is 2.32. The largest absolute Gasteiger partial charge is 0.394 e. The maximum Gasteiger partial charge on any atom is 0.242 e. The number of nitrogens with zero attached hydrogens (tertiary/aromatic N) is 3. The van der Waals surface area contributed by atoms with Crippen LogP contribution >= 0.6 is 0 Å². The predicted octanol–water partition coefficient (Wildman–Crippen LogP) is 0.0895. The first-order valence-electron chi connectivity index (χ1n) is 5.98. The Labute approximate surface area is 100 Å². The van der Waals surface area contributed by atoms with Gasteiger partial charge in [-0.3, -0.25) is 4.79 Å². The average molecular weight is 238 g/mol. The number of carbonyl (C=O) groups excluding carboxylic acids is 1. The summed E-state index contributed by atoms with van der Waals surface area (Å²) in [5.74, 6) is -0.119. The number of aliphatic hydroxyl groups is 1. The molecule has 0 saturated heterocycles. The minimum atomic E-state index is -0.421. The first-order chi connectivity index (χ1) is 8.24. The van der Waals surface area contributed by atoms with Crippen LogP contribution in [0.25, 0.3) is 0 Å². The summed E-state index contributed by atoms with van der Waals surface area (Å²) in [5.41, 5.74) is -0.421. The number of rotatable bonds is 4. The van der Waals surface area contributed by atoms with E-state index in [4.69, 9.17) is 0 Å². The molecular formula is C11H18N4O2. The molecule has 17 heavy (non-hydrogen) atoms. The second-order valence-electron chi connectivity index (χ2n) is 4.64. The highest BCUT2D eigenvalue weighted by Crippen LogP contribution is 2.27. The second kappa shape index (κ2) is 5.27. The van der Waals surface area contributed by atoms with Gasteiger partial charge in [0.15, 0.2) is 0 Å². The number of aliphatic hydroxyl groups excluding tert-OH is 1. The number of hydrogen-bond acceptors (Lipinski definition) is 4. The third-order valence-electron chi connectivity index (χ3n) is 3.29. The van der Waals surface area contributed by atoms with Gasteiger partial charge in [-0.15, -0.1) is 0 Å². The molecular weight excluding hydrogens is 220 g/mol. The molecule has 1 aliphatic carbocycles. The average Bonchev–Trinajstić information content (AvgIpc) is 2.83. The topological polar surface area (TPSA) is 80.0 Å². The number of nitrogens with one attached hydrogen (secondary N) is 1. The highest BCUT2D eigenvalue weighted by atomic mass is 16.3. The Kier molecular flexibility index (Phi) is 3.73. The molecule has 0 aliphatic heterocycles. The van der Waals surface area contributed by atoms with Gasteiger partial charge in [-0.2, -0.15) is 5.10 Å². The Morgan fingerprint density at radius 2 is 2.18 bits per heavy atom. The molecule has 1 fully saturated rings. The highest BCUT2D eigenvalue weighted by molar-refractivity contribution is 5.76. The van der Waals surface area contributed by atoms with Crippen molar-refractivity contribution in [1.82, 2.24) is 20.1 Å². The molecule has 1 aliphatic rings. The molecule has 1 saturated carbocycles. The van der Waals surface area contributed by atoms with Gasteiger partial charge in [-0.25, -0.2) is 9.67 Å². The van der Waals surface area contributed by atoms with Crippen LogP contribution < -0.4 is 5.32 Å². The summed E-state index contributed by atoms with van der Waals surface area (Å²) in [7, 11) is 0. The van der Waals surface area contributed by atoms with E-state index in [9.17, 15) is 9.90 Å². The predicted molar refractivity (Wildman–Crippen MR) is 61.1 cm³/mol. The molecule has 6 heteroatoms. The first-order valence-corrected chi connectivity index (χ1v) is 5.98. The zero-order chi connectivity index (χ0) is 12.1. The minimum Gasteiger partial charge on any atom is -0.394 e. The lowest BCUT2D eigenvalue weighted by Crippen LogP contribution is -2.53. The molecule has 1 aromatic rings. The van der Waals surface area contributed by atoms with Crippen LogP contribution in [0.15, 0.2) is 12.7 Å². The van der Waals surface area contributed by atoms with Gasteiger partial charge in [0, 0.05) is 0 Å². The Morgan fingerprint density at radius 1 is 1.41 bits per heavy atom. The molecule has 1 heterocycles. The van der Waals surface area contributed by atoms with Crippen LogP contribution in [0.3, 0.4) is 0 Å². The Bertz CT molecular complexity index is 358. The fraction of sp³-hybridized carbons (Fsp3) is 0.727. The van der Waals surface area contributed by atoms with Gasteiger partial charge in [0.1, 0.15) is 19.2 Å². The van der Waals surface area contributed by atoms with Crippen molar-refractivity contribution in [3.63, 3.8) is 0 Å². The zero-order valence-corrected chi connectivity index (χ0v) is 9.80. The standard InChI is InChI=1S/C11H18N4O2/c16-7-11(4-2-1-3-5-11)14-10(17)6-15-9-12-8-13-15/h8-9,16H,1-7H2,(H,14,17). The summed E-state index contributed by atoms with van der Waals surface area (Å²) in [6, 6.07) is 0. The SMILES string of the molecule is O=C(Cn1cncn1)NC1(CO)CCCCC1. The van der Waals surface area contributed by atoms with Gasteiger partial charge in [-0.05, 0) is 12.8 Å². The van der Waals surface area contributed by atoms with Crippen LogP contribution in [0.4, 0.5) is 0 Å². The normalized spacial score (nSPS) is 18.9. The zero-order valence-electron chi connectivity index (χ0n) is 9.80. The van der Waals surface area contributed by atoms with E-state index in [1.54, 1.807) is 0 Å². The number of amides is 1. The lowest BCUT2D eigenvalue weighted by Gasteiger charge is -2.36. The maximum atomic E-state index is 11.8. The van der Waals surface area contributed by atoms with Gasteiger partial charge < -0.3 is 10.4 Å². The van der Waals surface area contributed by atoms with Crippen molar-refractivity contribution >= 4 is 5.91 Å². The van der Waals surface area contributed by atoms with Crippen molar-refractivity contribution < 1.29 is 9.90 Å². The third-order valence-corrected chi connectivity index (χ3v) is 3.29. The van der Waals surface area contributed by atoms with Crippen LogP contribution in [0.2, 0.25) is 0 Å². The molecule has 2 N–H and O–H groups in total. The third kappa shape index (κ3) is 3.03. The Balaban J connectivity index is 1.91. The smallest absolute Gasteiger partial charge is 0.242 e. The van der Waals surface area contributed by atoms with E-state index in [-0.39, 0.29) is 19.1 Å². The second-order valence-corrected chi connectivity index (χ2v) is 4.64. The van der Waals surface area contributed by atoms with E-state index >= 15 is 0 Å². The molecule has 0 bridgehead atoms. The number of hydrogen-bond donors (Lipinski definition) is 2. The fourth-order valence-electron chi connectivity index (χ4n) is 2.35. The van der Waals surface area contributed by atoms with E-state index in [0.717, 1.165) is 25.7 Å². The fourth-order valence-corrected chi connectivity index (χ4v) is 2.35. The van der Waals surface area contributed by atoms with E-state index in [2.05, 4.69) is 15.4 Å². The van der Waals surface area contributed by atoms with Gasteiger partial charge in [0.25, 0.3) is 0 Å². The van der Waals surface area contributed by atoms with Crippen molar-refractivity contribution in [3.8, 4) is 0 Å². The number of aromatic nitrogens is 3. The Hall–Kier alpha value is -1.43. The van der Waals surface area contributed by atoms with Gasteiger partial charge in [-0.1, -0.05) is 19.3 Å². The monoisotopic (exact) mass is 238 g/mol. The van der Waals surface area contributed by atoms with Gasteiger partial charge in [0.05, 0.1) is 12.1 Å². The summed E-state index contributed by atoms with van der Waals surface area (Å²) >= 11 is 0. The lowest BCUT2D eigenvalue weighted by atomic mass is 9.82. The van der Waals surface area contributed by atoms with Crippen LogP contribution in [0, 0.1) is 0 Å². The van der Waals surface area contributed by atoms with E-state index in [1.165, 1.54) is 23.8 Å². The van der Waals surface area contributed by atoms with Crippen molar-refractivity contribution in [2.75, 3.05) is 6.61 Å². The van der Waals surface area contributed by atoms with Crippen LogP contribution in [-0.4, -0.2) is 37.9 Å². The molecule has 0 atom stereocenters. The summed E-state index contributed by atoms with van der Waals surface area (Å²) in [5, 5.41) is 16.3. The molecule has 6 nitrogen and oxygen atoms in total. The van der Waals surface area contributed by atoms with E-state index < -0.39 is 5.54 Å². The van der Waals surface area contributed by atoms with Crippen molar-refractivity contribution in [2.24, 2.45) is 0 Å². The summed E-state index contributed by atoms with van der Waals surface area (Å²) in [6.07, 6.45) is 7.91. The number of carbonyl (C=O) groups is 1. The summed E-state index contributed by atoms with van der Waals surface area (Å²) < 4.78 is 1.48. The molecule has 0 radical (unpaired) electrons. The minimum absolute atomic E-state index is 0.0100. The maximum absolute atomic E-state index is 11.8. The van der Waals surface area contributed by atoms with Crippen molar-refractivity contribution in [1.29, 1.82) is 0 Å². The van der Waals surface area contributed by atoms with Gasteiger partial charge >= 0.3 is 0 Å². The first kappa shape index (κ1) is 12.0. The Morgan fingerprint density at radius 3 is 2.76 bits per heavy atom. The molecule has 2 rings (SSSR count). The van der Waals surface area contributed by atoms with Crippen LogP contribution in [0.5, 0.6) is 0 Å². The molecule has 0 unspecified atom stereocenters. The molecule has 94 valence electrons.